The molecule has 1 aromatic rings. The van der Waals surface area contributed by atoms with Crippen molar-refractivity contribution >= 4 is 17.3 Å². The highest BCUT2D eigenvalue weighted by Gasteiger charge is 2.11. The monoisotopic (exact) mass is 194 g/mol. The van der Waals surface area contributed by atoms with Crippen molar-refractivity contribution in [3.63, 3.8) is 0 Å². The summed E-state index contributed by atoms with van der Waals surface area (Å²) >= 11 is 0. The van der Waals surface area contributed by atoms with Crippen molar-refractivity contribution in [2.75, 3.05) is 18.2 Å². The first kappa shape index (κ1) is 10.4. The number of esters is 1. The predicted molar refractivity (Wildman–Crippen MR) is 56.0 cm³/mol. The molecule has 1 aromatic carbocycles. The number of hydrogen-bond donors (Lipinski definition) is 2. The zero-order valence-electron chi connectivity index (χ0n) is 8.28. The van der Waals surface area contributed by atoms with Gasteiger partial charge in [0.15, 0.2) is 0 Å². The number of methoxy groups -OCH3 is 1. The van der Waals surface area contributed by atoms with Gasteiger partial charge >= 0.3 is 5.97 Å². The van der Waals surface area contributed by atoms with E-state index in [4.69, 9.17) is 5.73 Å². The number of anilines is 2. The lowest BCUT2D eigenvalue weighted by molar-refractivity contribution is -0.141. The molecule has 0 aliphatic carbocycles. The van der Waals surface area contributed by atoms with Crippen LogP contribution < -0.4 is 11.1 Å². The average molecular weight is 194 g/mol. The van der Waals surface area contributed by atoms with Gasteiger partial charge < -0.3 is 15.8 Å². The van der Waals surface area contributed by atoms with Gasteiger partial charge in [0.25, 0.3) is 0 Å². The third-order valence-corrected chi connectivity index (χ3v) is 1.82. The van der Waals surface area contributed by atoms with Gasteiger partial charge in [0.1, 0.15) is 6.04 Å². The van der Waals surface area contributed by atoms with Crippen LogP contribution in [0, 0.1) is 0 Å². The largest absolute Gasteiger partial charge is 0.467 e. The van der Waals surface area contributed by atoms with E-state index in [0.29, 0.717) is 5.69 Å². The summed E-state index contributed by atoms with van der Waals surface area (Å²) in [6, 6.07) is 6.84. The smallest absolute Gasteiger partial charge is 0.327 e. The number of ether oxygens (including phenoxy) is 1. The van der Waals surface area contributed by atoms with Gasteiger partial charge in [0.2, 0.25) is 0 Å². The highest BCUT2D eigenvalue weighted by molar-refractivity contribution is 5.78. The summed E-state index contributed by atoms with van der Waals surface area (Å²) in [4.78, 5) is 11.1. The van der Waals surface area contributed by atoms with Crippen molar-refractivity contribution in [2.24, 2.45) is 0 Å². The van der Waals surface area contributed by atoms with Gasteiger partial charge in [-0.05, 0) is 25.1 Å². The van der Waals surface area contributed by atoms with Crippen LogP contribution in [0.3, 0.4) is 0 Å². The minimum Gasteiger partial charge on any atom is -0.467 e. The number of carbonyl (C=O) groups excluding carboxylic acids is 1. The molecule has 0 aliphatic rings. The molecule has 3 N–H and O–H groups in total. The molecule has 4 heteroatoms. The number of benzene rings is 1. The van der Waals surface area contributed by atoms with Crippen LogP contribution in [0.2, 0.25) is 0 Å². The number of carbonyl (C=O) groups is 1. The number of nitrogens with two attached hydrogens (primary N) is 1. The van der Waals surface area contributed by atoms with Crippen molar-refractivity contribution in [2.45, 2.75) is 13.0 Å². The van der Waals surface area contributed by atoms with Crippen LogP contribution in [-0.4, -0.2) is 19.1 Å². The number of hydrogen-bond acceptors (Lipinski definition) is 4. The fourth-order valence-electron chi connectivity index (χ4n) is 1.11. The minimum absolute atomic E-state index is 0.299. The van der Waals surface area contributed by atoms with Gasteiger partial charge in [-0.15, -0.1) is 0 Å². The van der Waals surface area contributed by atoms with E-state index in [9.17, 15) is 4.79 Å². The highest BCUT2D eigenvalue weighted by Crippen LogP contribution is 2.12. The third kappa shape index (κ3) is 2.65. The molecule has 0 spiro atoms. The topological polar surface area (TPSA) is 64.3 Å². The van der Waals surface area contributed by atoms with Crippen molar-refractivity contribution in [1.82, 2.24) is 0 Å². The molecule has 0 saturated carbocycles. The number of nitrogens with one attached hydrogen (secondary N) is 1. The van der Waals surface area contributed by atoms with Crippen molar-refractivity contribution < 1.29 is 9.53 Å². The molecule has 0 bridgehead atoms. The predicted octanol–water partition coefficient (Wildman–Crippen LogP) is 1.24. The molecule has 0 amide bonds. The van der Waals surface area contributed by atoms with Crippen LogP contribution in [-0.2, 0) is 9.53 Å². The first-order valence-corrected chi connectivity index (χ1v) is 4.33. The van der Waals surface area contributed by atoms with E-state index in [0.717, 1.165) is 5.69 Å². The highest BCUT2D eigenvalue weighted by atomic mass is 16.5. The molecule has 0 heterocycles. The van der Waals surface area contributed by atoms with Crippen LogP contribution in [0.15, 0.2) is 24.3 Å². The van der Waals surface area contributed by atoms with Crippen molar-refractivity contribution in [1.29, 1.82) is 0 Å². The summed E-state index contributed by atoms with van der Waals surface area (Å²) in [7, 11) is 1.36. The van der Waals surface area contributed by atoms with Gasteiger partial charge in [0.05, 0.1) is 7.11 Å². The van der Waals surface area contributed by atoms with E-state index in [1.807, 2.05) is 12.1 Å². The molecule has 1 rings (SSSR count). The fraction of sp³-hybridized carbons (Fsp3) is 0.300. The van der Waals surface area contributed by atoms with E-state index in [2.05, 4.69) is 10.1 Å². The zero-order chi connectivity index (χ0) is 10.6. The number of nitrogen functional groups attached to an aromatic ring is 1. The summed E-state index contributed by atoms with van der Waals surface area (Å²) in [5.41, 5.74) is 7.05. The van der Waals surface area contributed by atoms with Gasteiger partial charge in [-0.3, -0.25) is 0 Å². The minimum atomic E-state index is -0.373. The standard InChI is InChI=1S/C10H14N2O2/c1-7(10(13)14-2)12-9-5-3-4-8(11)6-9/h3-7,12H,11H2,1-2H3/t7-/m0/s1. The molecular weight excluding hydrogens is 180 g/mol. The van der Waals surface area contributed by atoms with Crippen LogP contribution in [0.1, 0.15) is 6.92 Å². The number of rotatable bonds is 3. The van der Waals surface area contributed by atoms with Gasteiger partial charge in [-0.2, -0.15) is 0 Å². The molecule has 0 aliphatic heterocycles. The van der Waals surface area contributed by atoms with E-state index in [1.54, 1.807) is 19.1 Å². The van der Waals surface area contributed by atoms with Crippen molar-refractivity contribution in [3.05, 3.63) is 24.3 Å². The average Bonchev–Trinajstić information content (AvgIpc) is 2.16. The molecule has 0 radical (unpaired) electrons. The molecule has 4 nitrogen and oxygen atoms in total. The summed E-state index contributed by atoms with van der Waals surface area (Å²) in [6.45, 7) is 1.73. The van der Waals surface area contributed by atoms with Crippen LogP contribution in [0.25, 0.3) is 0 Å². The third-order valence-electron chi connectivity index (χ3n) is 1.82. The molecular formula is C10H14N2O2. The lowest BCUT2D eigenvalue weighted by Crippen LogP contribution is -2.27. The molecule has 14 heavy (non-hydrogen) atoms. The zero-order valence-corrected chi connectivity index (χ0v) is 8.28. The lowest BCUT2D eigenvalue weighted by atomic mass is 10.2. The molecule has 0 aromatic heterocycles. The van der Waals surface area contributed by atoms with E-state index < -0.39 is 0 Å². The second-order valence-electron chi connectivity index (χ2n) is 3.01. The Morgan fingerprint density at radius 1 is 1.57 bits per heavy atom. The quantitative estimate of drug-likeness (QED) is 0.561. The van der Waals surface area contributed by atoms with E-state index in [-0.39, 0.29) is 12.0 Å². The molecule has 0 unspecified atom stereocenters. The Hall–Kier alpha value is -1.71. The fourth-order valence-corrected chi connectivity index (χ4v) is 1.11. The van der Waals surface area contributed by atoms with Crippen LogP contribution in [0.5, 0.6) is 0 Å². The normalized spacial score (nSPS) is 11.9. The Bertz CT molecular complexity index is 326. The maximum atomic E-state index is 11.1. The second kappa shape index (κ2) is 4.50. The Balaban J connectivity index is 2.64. The Morgan fingerprint density at radius 2 is 2.29 bits per heavy atom. The summed E-state index contributed by atoms with van der Waals surface area (Å²) in [5, 5.41) is 2.98. The first-order chi connectivity index (χ1) is 6.63. The molecule has 0 fully saturated rings. The summed E-state index contributed by atoms with van der Waals surface area (Å²) in [5.74, 6) is -0.299. The molecule has 76 valence electrons. The maximum Gasteiger partial charge on any atom is 0.327 e. The SMILES string of the molecule is COC(=O)[C@H](C)Nc1cccc(N)c1. The second-order valence-corrected chi connectivity index (χ2v) is 3.01. The van der Waals surface area contributed by atoms with E-state index in [1.165, 1.54) is 7.11 Å². The Kier molecular flexibility index (Phi) is 3.34. The Labute approximate surface area is 83.1 Å². The van der Waals surface area contributed by atoms with Gasteiger partial charge in [-0.1, -0.05) is 6.07 Å². The summed E-state index contributed by atoms with van der Waals surface area (Å²) in [6.07, 6.45) is 0. The van der Waals surface area contributed by atoms with Gasteiger partial charge in [0, 0.05) is 11.4 Å². The van der Waals surface area contributed by atoms with Gasteiger partial charge in [-0.25, -0.2) is 4.79 Å². The molecule has 0 saturated heterocycles. The van der Waals surface area contributed by atoms with E-state index >= 15 is 0 Å². The summed E-state index contributed by atoms with van der Waals surface area (Å²) < 4.78 is 4.58. The van der Waals surface area contributed by atoms with Crippen molar-refractivity contribution in [3.8, 4) is 0 Å². The molecule has 1 atom stereocenters. The first-order valence-electron chi connectivity index (χ1n) is 4.33. The van der Waals surface area contributed by atoms with Crippen LogP contribution in [0.4, 0.5) is 11.4 Å². The maximum absolute atomic E-state index is 11.1. The lowest BCUT2D eigenvalue weighted by Gasteiger charge is -2.12. The van der Waals surface area contributed by atoms with Crippen LogP contribution >= 0.6 is 0 Å². The Morgan fingerprint density at radius 3 is 2.86 bits per heavy atom.